The molecule has 0 aromatic heterocycles. The predicted octanol–water partition coefficient (Wildman–Crippen LogP) is 8.14. The second-order valence-electron chi connectivity index (χ2n) is 15.3. The number of aliphatic hydroxyl groups is 4. The van der Waals surface area contributed by atoms with Gasteiger partial charge in [-0.15, -0.1) is 0 Å². The molecular formula is C38H62O8Si2. The third kappa shape index (κ3) is 8.57. The predicted molar refractivity (Wildman–Crippen MR) is 200 cm³/mol. The lowest BCUT2D eigenvalue weighted by atomic mass is 9.99. The molecule has 270 valence electrons. The summed E-state index contributed by atoms with van der Waals surface area (Å²) in [7, 11) is -4.40. The molecule has 0 aliphatic carbocycles. The number of hydrogen-bond acceptors (Lipinski definition) is 8. The Morgan fingerprint density at radius 2 is 1.02 bits per heavy atom. The highest BCUT2D eigenvalue weighted by molar-refractivity contribution is 6.78. The molecule has 0 radical (unpaired) electrons. The first-order valence-corrected chi connectivity index (χ1v) is 22.0. The van der Waals surface area contributed by atoms with E-state index in [1.54, 1.807) is 6.07 Å². The van der Waals surface area contributed by atoms with E-state index in [1.165, 1.54) is 0 Å². The Bertz CT molecular complexity index is 1280. The van der Waals surface area contributed by atoms with Crippen molar-refractivity contribution in [2.45, 2.75) is 147 Å². The lowest BCUT2D eigenvalue weighted by Crippen LogP contribution is -2.60. The van der Waals surface area contributed by atoms with Crippen molar-refractivity contribution in [2.75, 3.05) is 6.61 Å². The van der Waals surface area contributed by atoms with E-state index in [1.807, 2.05) is 24.3 Å². The molecule has 0 amide bonds. The van der Waals surface area contributed by atoms with E-state index < -0.39 is 53.9 Å². The lowest BCUT2D eigenvalue weighted by Gasteiger charge is -2.42. The summed E-state index contributed by atoms with van der Waals surface area (Å²) in [6.45, 7) is 26.5. The fourth-order valence-electron chi connectivity index (χ4n) is 8.07. The zero-order valence-electron chi connectivity index (χ0n) is 31.2. The van der Waals surface area contributed by atoms with Crippen LogP contribution in [0.2, 0.25) is 33.2 Å². The van der Waals surface area contributed by atoms with Crippen molar-refractivity contribution in [1.29, 1.82) is 0 Å². The minimum absolute atomic E-state index is 0.344. The number of benzene rings is 2. The van der Waals surface area contributed by atoms with Crippen LogP contribution >= 0.6 is 0 Å². The van der Waals surface area contributed by atoms with Gasteiger partial charge in [-0.2, -0.15) is 0 Å². The summed E-state index contributed by atoms with van der Waals surface area (Å²) in [4.78, 5) is 0. The van der Waals surface area contributed by atoms with Crippen molar-refractivity contribution < 1.29 is 38.8 Å². The maximum atomic E-state index is 10.7. The quantitative estimate of drug-likeness (QED) is 0.109. The monoisotopic (exact) mass is 702 g/mol. The molecule has 0 saturated carbocycles. The van der Waals surface area contributed by atoms with Crippen molar-refractivity contribution in [2.24, 2.45) is 0 Å². The van der Waals surface area contributed by atoms with Gasteiger partial charge in [-0.05, 0) is 68.6 Å². The Morgan fingerprint density at radius 3 is 1.48 bits per heavy atom. The topological polar surface area (TPSA) is 118 Å². The van der Waals surface area contributed by atoms with E-state index in [9.17, 15) is 20.4 Å². The van der Waals surface area contributed by atoms with Crippen molar-refractivity contribution in [1.82, 2.24) is 0 Å². The van der Waals surface area contributed by atoms with E-state index in [2.05, 4.69) is 107 Å². The van der Waals surface area contributed by atoms with Gasteiger partial charge in [0.15, 0.2) is 0 Å². The van der Waals surface area contributed by atoms with Crippen LogP contribution in [-0.4, -0.2) is 74.4 Å². The van der Waals surface area contributed by atoms with Crippen LogP contribution in [-0.2, 0) is 4.74 Å². The van der Waals surface area contributed by atoms with Gasteiger partial charge in [0.25, 0.3) is 16.6 Å². The average molecular weight is 703 g/mol. The van der Waals surface area contributed by atoms with Gasteiger partial charge in [-0.3, -0.25) is 0 Å². The van der Waals surface area contributed by atoms with Crippen LogP contribution in [0.25, 0.3) is 12.2 Å². The van der Waals surface area contributed by atoms with Crippen LogP contribution in [0.3, 0.4) is 0 Å². The normalized spacial score (nSPS) is 22.6. The summed E-state index contributed by atoms with van der Waals surface area (Å²) in [6.07, 6.45) is -2.89. The van der Waals surface area contributed by atoms with E-state index in [4.69, 9.17) is 18.3 Å². The summed E-state index contributed by atoms with van der Waals surface area (Å²) in [6, 6.07) is 13.8. The highest BCUT2D eigenvalue weighted by Crippen LogP contribution is 2.44. The van der Waals surface area contributed by atoms with Crippen LogP contribution in [0.5, 0.6) is 17.2 Å². The molecule has 1 aliphatic heterocycles. The average Bonchev–Trinajstić information content (AvgIpc) is 3.01. The molecular weight excluding hydrogens is 641 g/mol. The third-order valence-corrected chi connectivity index (χ3v) is 22.4. The van der Waals surface area contributed by atoms with Gasteiger partial charge < -0.3 is 38.8 Å². The molecule has 0 bridgehead atoms. The van der Waals surface area contributed by atoms with Crippen LogP contribution < -0.4 is 13.6 Å². The summed E-state index contributed by atoms with van der Waals surface area (Å²) < 4.78 is 25.6. The molecule has 4 N–H and O–H groups in total. The second-order valence-corrected chi connectivity index (χ2v) is 26.0. The van der Waals surface area contributed by atoms with Crippen molar-refractivity contribution in [3.63, 3.8) is 0 Å². The Kier molecular flexibility index (Phi) is 14.0. The van der Waals surface area contributed by atoms with Gasteiger partial charge in [0.1, 0.15) is 41.7 Å². The molecule has 0 spiro atoms. The van der Waals surface area contributed by atoms with E-state index in [0.717, 1.165) is 16.9 Å². The van der Waals surface area contributed by atoms with Crippen molar-refractivity contribution >= 4 is 28.8 Å². The van der Waals surface area contributed by atoms with E-state index >= 15 is 0 Å². The highest BCUT2D eigenvalue weighted by atomic mass is 28.4. The molecule has 1 saturated heterocycles. The third-order valence-electron chi connectivity index (χ3n) is 10.4. The first-order valence-electron chi connectivity index (χ1n) is 17.7. The first-order chi connectivity index (χ1) is 22.4. The first kappa shape index (κ1) is 40.2. The standard InChI is InChI=1S/C38H62O8Si2/c1-23(2)47(24(3)4,25(5)6)45-31-17-15-29(16-18-31)13-14-30-19-32(43-38-37(42)36(41)35(40)34(22-39)44-38)21-33(20-30)46-48(26(7)8,27(9)10)28(11)12/h13-21,23-28,34-42H,22H2,1-12H3/b14-13+/t34-,35-,36+,37-,38-/m1/s1. The molecule has 8 nitrogen and oxygen atoms in total. The molecule has 2 aromatic rings. The van der Waals surface area contributed by atoms with Crippen LogP contribution in [0, 0.1) is 0 Å². The fourth-order valence-corrected chi connectivity index (χ4v) is 18.6. The smallest absolute Gasteiger partial charge is 0.258 e. The van der Waals surface area contributed by atoms with Crippen molar-refractivity contribution in [3.8, 4) is 17.2 Å². The van der Waals surface area contributed by atoms with Crippen LogP contribution in [0.1, 0.15) is 94.2 Å². The van der Waals surface area contributed by atoms with Crippen molar-refractivity contribution in [3.05, 3.63) is 53.6 Å². The Labute approximate surface area is 291 Å². The number of aliphatic hydroxyl groups excluding tert-OH is 4. The molecule has 1 aliphatic rings. The van der Waals surface area contributed by atoms with Gasteiger partial charge in [0.05, 0.1) is 6.61 Å². The Morgan fingerprint density at radius 1 is 0.583 bits per heavy atom. The van der Waals surface area contributed by atoms with E-state index in [0.29, 0.717) is 44.7 Å². The van der Waals surface area contributed by atoms with E-state index in [-0.39, 0.29) is 0 Å². The van der Waals surface area contributed by atoms with Crippen LogP contribution in [0.4, 0.5) is 0 Å². The largest absolute Gasteiger partial charge is 0.543 e. The molecule has 48 heavy (non-hydrogen) atoms. The molecule has 3 rings (SSSR count). The maximum absolute atomic E-state index is 10.7. The molecule has 0 unspecified atom stereocenters. The number of rotatable bonds is 15. The molecule has 1 heterocycles. The second kappa shape index (κ2) is 16.7. The molecule has 1 fully saturated rings. The summed E-state index contributed by atoms with van der Waals surface area (Å²) >= 11 is 0. The van der Waals surface area contributed by atoms with Gasteiger partial charge >= 0.3 is 0 Å². The minimum atomic E-state index is -2.33. The molecule has 5 atom stereocenters. The SMILES string of the molecule is CC(C)[Si](Oc1ccc(/C=C/c2cc(O[C@@H]3O[C@H](CO)[C@@H](O)[C@H](O)[C@H]3O)cc(O[Si](C(C)C)(C(C)C)C(C)C)c2)cc1)(C(C)C)C(C)C. The number of hydrogen-bond donors (Lipinski definition) is 4. The summed E-state index contributed by atoms with van der Waals surface area (Å²) in [5.41, 5.74) is 4.30. The number of ether oxygens (including phenoxy) is 2. The Balaban J connectivity index is 1.99. The minimum Gasteiger partial charge on any atom is -0.543 e. The molecule has 10 heteroatoms. The molecule has 2 aromatic carbocycles. The summed E-state index contributed by atoms with van der Waals surface area (Å²) in [5.74, 6) is 1.93. The summed E-state index contributed by atoms with van der Waals surface area (Å²) in [5, 5.41) is 41.0. The zero-order valence-corrected chi connectivity index (χ0v) is 33.2. The zero-order chi connectivity index (χ0) is 36.1. The van der Waals surface area contributed by atoms with Gasteiger partial charge in [0, 0.05) is 6.07 Å². The van der Waals surface area contributed by atoms with Gasteiger partial charge in [-0.1, -0.05) is 107 Å². The van der Waals surface area contributed by atoms with Gasteiger partial charge in [-0.25, -0.2) is 0 Å². The maximum Gasteiger partial charge on any atom is 0.258 e. The van der Waals surface area contributed by atoms with Gasteiger partial charge in [0.2, 0.25) is 6.29 Å². The highest BCUT2D eigenvalue weighted by Gasteiger charge is 2.48. The lowest BCUT2D eigenvalue weighted by molar-refractivity contribution is -0.277. The fraction of sp³-hybridized carbons (Fsp3) is 0.632. The Hall–Kier alpha value is -2.19. The van der Waals surface area contributed by atoms with Crippen LogP contribution in [0.15, 0.2) is 42.5 Å².